The molecule has 3 aliphatic heterocycles. The van der Waals surface area contributed by atoms with Gasteiger partial charge in [-0.25, -0.2) is 4.79 Å². The highest BCUT2D eigenvalue weighted by Crippen LogP contribution is 2.25. The van der Waals surface area contributed by atoms with Crippen LogP contribution < -0.4 is 0 Å². The van der Waals surface area contributed by atoms with Gasteiger partial charge in [-0.2, -0.15) is 0 Å². The van der Waals surface area contributed by atoms with Crippen molar-refractivity contribution in [3.8, 4) is 11.8 Å². The molecule has 7 unspecified atom stereocenters. The monoisotopic (exact) mass is 510 g/mol. The van der Waals surface area contributed by atoms with Gasteiger partial charge in [0.2, 0.25) is 0 Å². The first-order chi connectivity index (χ1) is 17.8. The average molecular weight is 511 g/mol. The van der Waals surface area contributed by atoms with E-state index in [0.29, 0.717) is 31.8 Å². The standard InChI is InChI=1S/C31H42O6/c1-22-16-17-35-27(20-22)14-15-29(34-4)30-12-5-8-25(32)19-23(2)18-24(3)21-28-11-6-9-26(36-28)10-7-13-31(33)37-30/h5-6,8-9,14-16,24-30,32H,2,10-12,17-21H2,1,3-4H3. The molecule has 3 rings (SSSR count). The Hall–Kier alpha value is -2.43. The average Bonchev–Trinajstić information content (AvgIpc) is 2.83. The highest BCUT2D eigenvalue weighted by atomic mass is 16.6. The number of hydrogen-bond donors (Lipinski definition) is 1. The van der Waals surface area contributed by atoms with Gasteiger partial charge in [0.25, 0.3) is 0 Å². The number of fused-ring (bicyclic) bond motifs is 2. The summed E-state index contributed by atoms with van der Waals surface area (Å²) in [5, 5.41) is 10.6. The van der Waals surface area contributed by atoms with Gasteiger partial charge in [-0.3, -0.25) is 0 Å². The van der Waals surface area contributed by atoms with E-state index >= 15 is 0 Å². The van der Waals surface area contributed by atoms with E-state index in [4.69, 9.17) is 18.9 Å². The van der Waals surface area contributed by atoms with Gasteiger partial charge >= 0.3 is 5.97 Å². The Labute approximate surface area is 222 Å². The molecule has 3 heterocycles. The zero-order chi connectivity index (χ0) is 26.6. The van der Waals surface area contributed by atoms with Crippen molar-refractivity contribution in [3.63, 3.8) is 0 Å². The molecule has 0 saturated carbocycles. The summed E-state index contributed by atoms with van der Waals surface area (Å²) < 4.78 is 23.4. The molecule has 37 heavy (non-hydrogen) atoms. The molecule has 0 amide bonds. The van der Waals surface area contributed by atoms with E-state index in [-0.39, 0.29) is 18.3 Å². The van der Waals surface area contributed by atoms with Gasteiger partial charge in [0, 0.05) is 25.9 Å². The van der Waals surface area contributed by atoms with E-state index in [1.165, 1.54) is 5.57 Å². The zero-order valence-electron chi connectivity index (χ0n) is 22.4. The lowest BCUT2D eigenvalue weighted by Crippen LogP contribution is -2.31. The van der Waals surface area contributed by atoms with E-state index < -0.39 is 24.3 Å². The van der Waals surface area contributed by atoms with E-state index in [1.807, 2.05) is 24.3 Å². The first-order valence-corrected chi connectivity index (χ1v) is 13.3. The summed E-state index contributed by atoms with van der Waals surface area (Å²) in [5.41, 5.74) is 2.29. The predicted octanol–water partition coefficient (Wildman–Crippen LogP) is 5.00. The summed E-state index contributed by atoms with van der Waals surface area (Å²) in [6.07, 6.45) is 16.5. The van der Waals surface area contributed by atoms with E-state index in [1.54, 1.807) is 13.2 Å². The molecule has 0 aromatic rings. The van der Waals surface area contributed by atoms with Gasteiger partial charge in [0.1, 0.15) is 12.2 Å². The van der Waals surface area contributed by atoms with E-state index in [0.717, 1.165) is 31.3 Å². The van der Waals surface area contributed by atoms with Crippen molar-refractivity contribution in [3.05, 3.63) is 60.3 Å². The number of methoxy groups -OCH3 is 1. The number of hydrogen-bond acceptors (Lipinski definition) is 6. The van der Waals surface area contributed by atoms with Crippen molar-refractivity contribution < 1.29 is 28.8 Å². The van der Waals surface area contributed by atoms with Crippen molar-refractivity contribution in [2.75, 3.05) is 13.7 Å². The third-order valence-corrected chi connectivity index (χ3v) is 6.82. The molecule has 0 aromatic carbocycles. The minimum absolute atomic E-state index is 0.0458. The maximum absolute atomic E-state index is 12.6. The molecule has 6 nitrogen and oxygen atoms in total. The number of aliphatic hydroxyl groups excluding tert-OH is 1. The van der Waals surface area contributed by atoms with Crippen LogP contribution in [0.3, 0.4) is 0 Å². The molecular weight excluding hydrogens is 468 g/mol. The molecule has 6 heteroatoms. The molecule has 0 fully saturated rings. The lowest BCUT2D eigenvalue weighted by molar-refractivity contribution is -0.146. The second-order valence-electron chi connectivity index (χ2n) is 10.4. The summed E-state index contributed by atoms with van der Waals surface area (Å²) in [5.74, 6) is 5.33. The molecule has 0 aliphatic carbocycles. The maximum atomic E-state index is 12.6. The summed E-state index contributed by atoms with van der Waals surface area (Å²) >= 11 is 0. The SMILES string of the molecule is C=C1CC(O)C=CCC(C(C=CC2CC(C)=CCO2)OC)OC(=O)C#CCC2C=CCC(CC(C)C1)O2. The van der Waals surface area contributed by atoms with Gasteiger partial charge in [-0.1, -0.05) is 73.1 Å². The third kappa shape index (κ3) is 10.5. The number of cyclic esters (lactones) is 1. The molecule has 7 atom stereocenters. The highest BCUT2D eigenvalue weighted by Gasteiger charge is 2.24. The Morgan fingerprint density at radius 3 is 2.81 bits per heavy atom. The predicted molar refractivity (Wildman–Crippen MR) is 145 cm³/mol. The first kappa shape index (κ1) is 29.1. The van der Waals surface area contributed by atoms with Crippen LogP contribution in [-0.4, -0.2) is 61.4 Å². The lowest BCUT2D eigenvalue weighted by Gasteiger charge is -2.27. The van der Waals surface area contributed by atoms with Gasteiger partial charge in [0.05, 0.1) is 31.0 Å². The quantitative estimate of drug-likeness (QED) is 0.248. The second kappa shape index (κ2) is 15.1. The maximum Gasteiger partial charge on any atom is 0.384 e. The number of aliphatic hydroxyl groups is 1. The summed E-state index contributed by atoms with van der Waals surface area (Å²) in [7, 11) is 1.58. The van der Waals surface area contributed by atoms with Crippen LogP contribution in [0.2, 0.25) is 0 Å². The van der Waals surface area contributed by atoms with Crippen molar-refractivity contribution in [2.24, 2.45) is 5.92 Å². The lowest BCUT2D eigenvalue weighted by atomic mass is 9.91. The van der Waals surface area contributed by atoms with Crippen LogP contribution in [0.1, 0.15) is 58.8 Å². The Bertz CT molecular complexity index is 948. The largest absolute Gasteiger partial charge is 0.449 e. The summed E-state index contributed by atoms with van der Waals surface area (Å²) in [4.78, 5) is 12.6. The van der Waals surface area contributed by atoms with E-state index in [9.17, 15) is 9.90 Å². The van der Waals surface area contributed by atoms with Crippen LogP contribution in [0.15, 0.2) is 60.3 Å². The topological polar surface area (TPSA) is 74.2 Å². The zero-order valence-corrected chi connectivity index (χ0v) is 22.4. The number of esters is 1. The highest BCUT2D eigenvalue weighted by molar-refractivity contribution is 5.88. The van der Waals surface area contributed by atoms with Gasteiger partial charge < -0.3 is 24.1 Å². The minimum atomic E-state index is -0.657. The van der Waals surface area contributed by atoms with Gasteiger partial charge in [-0.15, -0.1) is 0 Å². The number of ether oxygens (including phenoxy) is 4. The van der Waals surface area contributed by atoms with Crippen LogP contribution >= 0.6 is 0 Å². The Kier molecular flexibility index (Phi) is 11.9. The van der Waals surface area contributed by atoms with Crippen molar-refractivity contribution in [1.82, 2.24) is 0 Å². The molecule has 3 aliphatic rings. The normalized spacial score (nSPS) is 33.0. The number of carbonyl (C=O) groups excluding carboxylic acids is 1. The molecule has 0 aromatic heterocycles. The van der Waals surface area contributed by atoms with E-state index in [2.05, 4.69) is 44.4 Å². The molecule has 0 saturated heterocycles. The Morgan fingerprint density at radius 2 is 2.03 bits per heavy atom. The molecule has 202 valence electrons. The van der Waals surface area contributed by atoms with Gasteiger partial charge in [-0.05, 0) is 44.9 Å². The molecular formula is C31H42O6. The third-order valence-electron chi connectivity index (χ3n) is 6.82. The fourth-order valence-electron chi connectivity index (χ4n) is 4.96. The molecule has 2 bridgehead atoms. The second-order valence-corrected chi connectivity index (χ2v) is 10.4. The van der Waals surface area contributed by atoms with Crippen LogP contribution in [-0.2, 0) is 23.7 Å². The summed E-state index contributed by atoms with van der Waals surface area (Å²) in [6, 6.07) is 0. The number of carbonyl (C=O) groups is 1. The first-order valence-electron chi connectivity index (χ1n) is 13.3. The Balaban J connectivity index is 1.75. The molecule has 0 radical (unpaired) electrons. The van der Waals surface area contributed by atoms with Crippen molar-refractivity contribution in [2.45, 2.75) is 95.4 Å². The van der Waals surface area contributed by atoms with Crippen LogP contribution in [0.25, 0.3) is 0 Å². The fraction of sp³-hybridized carbons (Fsp3) is 0.581. The number of rotatable bonds is 4. The molecule has 0 spiro atoms. The molecule has 1 N–H and O–H groups in total. The van der Waals surface area contributed by atoms with Crippen molar-refractivity contribution >= 4 is 5.97 Å². The minimum Gasteiger partial charge on any atom is -0.449 e. The van der Waals surface area contributed by atoms with Gasteiger partial charge in [0.15, 0.2) is 0 Å². The van der Waals surface area contributed by atoms with Crippen molar-refractivity contribution in [1.29, 1.82) is 0 Å². The van der Waals surface area contributed by atoms with Crippen LogP contribution in [0, 0.1) is 17.8 Å². The summed E-state index contributed by atoms with van der Waals surface area (Å²) in [6.45, 7) is 9.04. The van der Waals surface area contributed by atoms with Crippen LogP contribution in [0.5, 0.6) is 0 Å². The fourth-order valence-corrected chi connectivity index (χ4v) is 4.96. The Morgan fingerprint density at radius 1 is 1.22 bits per heavy atom. The van der Waals surface area contributed by atoms with Crippen LogP contribution in [0.4, 0.5) is 0 Å². The smallest absolute Gasteiger partial charge is 0.384 e.